The second kappa shape index (κ2) is 12.3. The lowest BCUT2D eigenvalue weighted by molar-refractivity contribution is -0.143. The molecule has 2 aromatic carbocycles. The van der Waals surface area contributed by atoms with E-state index in [0.717, 1.165) is 17.5 Å². The Balaban J connectivity index is 2.24. The maximum atomic E-state index is 13.3. The maximum Gasteiger partial charge on any atom is 0.261 e. The monoisotopic (exact) mass is 460 g/mol. The Kier molecular flexibility index (Phi) is 9.85. The summed E-state index contributed by atoms with van der Waals surface area (Å²) in [5.41, 5.74) is 1.74. The predicted octanol–water partition coefficient (Wildman–Crippen LogP) is 4.76. The molecule has 2 aromatic rings. The molecule has 0 unspecified atom stereocenters. The number of amides is 2. The van der Waals surface area contributed by atoms with Crippen molar-refractivity contribution in [1.82, 2.24) is 10.2 Å². The van der Waals surface area contributed by atoms with Crippen molar-refractivity contribution in [3.8, 4) is 11.5 Å². The van der Waals surface area contributed by atoms with Gasteiger partial charge in [0.25, 0.3) is 5.91 Å². The van der Waals surface area contributed by atoms with Gasteiger partial charge in [0.1, 0.15) is 17.5 Å². The Morgan fingerprint density at radius 2 is 1.84 bits per heavy atom. The van der Waals surface area contributed by atoms with E-state index >= 15 is 0 Å². The number of hydrogen-bond donors (Lipinski definition) is 1. The van der Waals surface area contributed by atoms with Crippen LogP contribution in [-0.4, -0.2) is 42.5 Å². The Hall–Kier alpha value is -2.73. The van der Waals surface area contributed by atoms with Crippen molar-refractivity contribution in [3.05, 3.63) is 58.6 Å². The first-order chi connectivity index (χ1) is 15.3. The number of nitrogens with one attached hydrogen (secondary N) is 1. The largest absolute Gasteiger partial charge is 0.497 e. The first-order valence-corrected chi connectivity index (χ1v) is 11.3. The van der Waals surface area contributed by atoms with Gasteiger partial charge in [-0.25, -0.2) is 0 Å². The molecule has 0 aliphatic carbocycles. The molecular formula is C25H33ClN2O4. The van der Waals surface area contributed by atoms with E-state index in [2.05, 4.69) is 5.32 Å². The molecule has 6 nitrogen and oxygen atoms in total. The zero-order valence-electron chi connectivity index (χ0n) is 19.5. The summed E-state index contributed by atoms with van der Waals surface area (Å²) >= 11 is 6.07. The molecule has 1 N–H and O–H groups in total. The molecule has 2 amide bonds. The molecule has 0 bridgehead atoms. The molecule has 0 saturated carbocycles. The fraction of sp³-hybridized carbons (Fsp3) is 0.440. The van der Waals surface area contributed by atoms with Gasteiger partial charge in [-0.1, -0.05) is 37.6 Å². The number of carbonyl (C=O) groups excluding carboxylic acids is 2. The molecule has 0 heterocycles. The average Bonchev–Trinajstić information content (AvgIpc) is 2.79. The third-order valence-electron chi connectivity index (χ3n) is 5.37. The Morgan fingerprint density at radius 1 is 1.09 bits per heavy atom. The summed E-state index contributed by atoms with van der Waals surface area (Å²) in [7, 11) is 1.60. The van der Waals surface area contributed by atoms with Gasteiger partial charge in [-0.2, -0.15) is 0 Å². The van der Waals surface area contributed by atoms with E-state index in [1.807, 2.05) is 52.0 Å². The molecule has 0 spiro atoms. The minimum atomic E-state index is -0.613. The van der Waals surface area contributed by atoms with Crippen molar-refractivity contribution in [2.24, 2.45) is 0 Å². The van der Waals surface area contributed by atoms with Crippen LogP contribution in [-0.2, 0) is 16.1 Å². The number of hydrogen-bond acceptors (Lipinski definition) is 4. The number of nitrogens with zero attached hydrogens (tertiary/aromatic N) is 1. The lowest BCUT2D eigenvalue weighted by atomic mass is 10.1. The van der Waals surface area contributed by atoms with Crippen LogP contribution < -0.4 is 14.8 Å². The molecule has 0 saturated heterocycles. The van der Waals surface area contributed by atoms with Crippen LogP contribution in [0.4, 0.5) is 0 Å². The van der Waals surface area contributed by atoms with E-state index in [1.165, 1.54) is 0 Å². The molecule has 0 aliphatic rings. The summed E-state index contributed by atoms with van der Waals surface area (Å²) in [4.78, 5) is 27.8. The highest BCUT2D eigenvalue weighted by Gasteiger charge is 2.29. The third kappa shape index (κ3) is 7.16. The normalized spacial score (nSPS) is 12.6. The van der Waals surface area contributed by atoms with Gasteiger partial charge in [0, 0.05) is 17.6 Å². The van der Waals surface area contributed by atoms with Crippen LogP contribution in [0.1, 0.15) is 44.7 Å². The van der Waals surface area contributed by atoms with Crippen LogP contribution >= 0.6 is 11.6 Å². The molecule has 7 heteroatoms. The standard InChI is InChI=1S/C25H33ClN2O4/c1-6-18(4)27-25(30)23(7-2)28(15-19-9-8-10-20(14-19)31-5)24(29)16-32-21-11-12-22(26)17(3)13-21/h8-14,18,23H,6-7,15-16H2,1-5H3,(H,27,30)/t18-,23+/m1/s1. The molecule has 32 heavy (non-hydrogen) atoms. The van der Waals surface area contributed by atoms with Gasteiger partial charge < -0.3 is 19.7 Å². The zero-order valence-corrected chi connectivity index (χ0v) is 20.2. The summed E-state index contributed by atoms with van der Waals surface area (Å²) in [5.74, 6) is 0.811. The van der Waals surface area contributed by atoms with Crippen LogP contribution in [0.5, 0.6) is 11.5 Å². The number of carbonyl (C=O) groups is 2. The van der Waals surface area contributed by atoms with E-state index in [9.17, 15) is 9.59 Å². The third-order valence-corrected chi connectivity index (χ3v) is 5.79. The van der Waals surface area contributed by atoms with Crippen molar-refractivity contribution in [2.75, 3.05) is 13.7 Å². The van der Waals surface area contributed by atoms with Crippen LogP contribution in [0.3, 0.4) is 0 Å². The second-order valence-corrected chi connectivity index (χ2v) is 8.22. The summed E-state index contributed by atoms with van der Waals surface area (Å²) < 4.78 is 11.0. The van der Waals surface area contributed by atoms with Gasteiger partial charge in [-0.15, -0.1) is 0 Å². The van der Waals surface area contributed by atoms with Crippen molar-refractivity contribution in [2.45, 2.75) is 59.2 Å². The van der Waals surface area contributed by atoms with Crippen LogP contribution in [0.2, 0.25) is 5.02 Å². The SMILES string of the molecule is CC[C@@H](C)NC(=O)[C@H](CC)N(Cc1cccc(OC)c1)C(=O)COc1ccc(Cl)c(C)c1. The fourth-order valence-corrected chi connectivity index (χ4v) is 3.38. The number of benzene rings is 2. The zero-order chi connectivity index (χ0) is 23.7. The molecule has 2 atom stereocenters. The molecule has 2 rings (SSSR count). The van der Waals surface area contributed by atoms with Gasteiger partial charge >= 0.3 is 0 Å². The summed E-state index contributed by atoms with van der Waals surface area (Å²) in [6.07, 6.45) is 1.29. The molecule has 0 fully saturated rings. The number of methoxy groups -OCH3 is 1. The van der Waals surface area contributed by atoms with Crippen molar-refractivity contribution in [3.63, 3.8) is 0 Å². The van der Waals surface area contributed by atoms with Crippen molar-refractivity contribution < 1.29 is 19.1 Å². The van der Waals surface area contributed by atoms with E-state index < -0.39 is 6.04 Å². The van der Waals surface area contributed by atoms with Crippen LogP contribution in [0.15, 0.2) is 42.5 Å². The fourth-order valence-electron chi connectivity index (χ4n) is 3.26. The number of rotatable bonds is 11. The predicted molar refractivity (Wildman–Crippen MR) is 127 cm³/mol. The number of aryl methyl sites for hydroxylation is 1. The first kappa shape index (κ1) is 25.5. The highest BCUT2D eigenvalue weighted by molar-refractivity contribution is 6.31. The summed E-state index contributed by atoms with van der Waals surface area (Å²) in [6.45, 7) is 7.82. The minimum absolute atomic E-state index is 0.0265. The van der Waals surface area contributed by atoms with Crippen LogP contribution in [0, 0.1) is 6.92 Å². The topological polar surface area (TPSA) is 67.9 Å². The average molecular weight is 461 g/mol. The lowest BCUT2D eigenvalue weighted by Crippen LogP contribution is -2.51. The smallest absolute Gasteiger partial charge is 0.261 e. The van der Waals surface area contributed by atoms with Gasteiger partial charge in [0.2, 0.25) is 5.91 Å². The highest BCUT2D eigenvalue weighted by atomic mass is 35.5. The van der Waals surface area contributed by atoms with Crippen molar-refractivity contribution >= 4 is 23.4 Å². The Labute approximate surface area is 195 Å². The van der Waals surface area contributed by atoms with E-state index in [0.29, 0.717) is 22.9 Å². The quantitative estimate of drug-likeness (QED) is 0.525. The lowest BCUT2D eigenvalue weighted by Gasteiger charge is -2.31. The van der Waals surface area contributed by atoms with E-state index in [4.69, 9.17) is 21.1 Å². The molecule has 0 aromatic heterocycles. The highest BCUT2D eigenvalue weighted by Crippen LogP contribution is 2.22. The molecule has 174 valence electrons. The van der Waals surface area contributed by atoms with Gasteiger partial charge in [-0.05, 0) is 68.1 Å². The first-order valence-electron chi connectivity index (χ1n) is 10.9. The number of halogens is 1. The Morgan fingerprint density at radius 3 is 2.47 bits per heavy atom. The number of ether oxygens (including phenoxy) is 2. The summed E-state index contributed by atoms with van der Waals surface area (Å²) in [6, 6.07) is 12.1. The minimum Gasteiger partial charge on any atom is -0.497 e. The molecule has 0 aliphatic heterocycles. The van der Waals surface area contributed by atoms with E-state index in [-0.39, 0.29) is 31.0 Å². The van der Waals surface area contributed by atoms with Crippen molar-refractivity contribution in [1.29, 1.82) is 0 Å². The van der Waals surface area contributed by atoms with Gasteiger partial charge in [0.05, 0.1) is 7.11 Å². The second-order valence-electron chi connectivity index (χ2n) is 7.81. The summed E-state index contributed by atoms with van der Waals surface area (Å²) in [5, 5.41) is 3.63. The van der Waals surface area contributed by atoms with E-state index in [1.54, 1.807) is 30.2 Å². The molecule has 0 radical (unpaired) electrons. The van der Waals surface area contributed by atoms with Crippen LogP contribution in [0.25, 0.3) is 0 Å². The Bertz CT molecular complexity index is 919. The van der Waals surface area contributed by atoms with Gasteiger partial charge in [-0.3, -0.25) is 9.59 Å². The van der Waals surface area contributed by atoms with Gasteiger partial charge in [0.15, 0.2) is 6.61 Å². The molecular weight excluding hydrogens is 428 g/mol. The maximum absolute atomic E-state index is 13.3.